The van der Waals surface area contributed by atoms with Crippen LogP contribution in [0.15, 0.2) is 36.8 Å². The average molecular weight is 378 g/mol. The van der Waals surface area contributed by atoms with Crippen molar-refractivity contribution in [2.75, 3.05) is 24.5 Å². The number of rotatable bonds is 4. The zero-order valence-electron chi connectivity index (χ0n) is 16.4. The van der Waals surface area contributed by atoms with Crippen LogP contribution in [-0.2, 0) is 4.74 Å². The van der Waals surface area contributed by atoms with Crippen LogP contribution in [0.25, 0.3) is 0 Å². The van der Waals surface area contributed by atoms with Gasteiger partial charge >= 0.3 is 0 Å². The Labute approximate surface area is 165 Å². The standard InChI is InChI=1S/C22H26N4O2/c1-14-4-3-5-16(15(14)2)21(27)25-10-17-18-12-26(20-11-23-8-9-24-20)13-22(18)7-6-19(17)28-22/h3-5,8-9,11,17-19H,6-7,10,12-13H2,1-2H3,(H,25,27)/t17-,18+,19+,22+/m0/s1. The average Bonchev–Trinajstić information content (AvgIpc) is 3.37. The molecular weight excluding hydrogens is 352 g/mol. The second-order valence-electron chi connectivity index (χ2n) is 8.43. The monoisotopic (exact) mass is 378 g/mol. The zero-order chi connectivity index (χ0) is 19.3. The van der Waals surface area contributed by atoms with E-state index in [9.17, 15) is 4.79 Å². The molecule has 28 heavy (non-hydrogen) atoms. The first-order valence-electron chi connectivity index (χ1n) is 10.1. The minimum Gasteiger partial charge on any atom is -0.369 e. The van der Waals surface area contributed by atoms with E-state index in [1.807, 2.05) is 38.2 Å². The number of nitrogens with zero attached hydrogens (tertiary/aromatic N) is 3. The Morgan fingerprint density at radius 2 is 2.25 bits per heavy atom. The fourth-order valence-corrected chi connectivity index (χ4v) is 5.40. The summed E-state index contributed by atoms with van der Waals surface area (Å²) in [6, 6.07) is 5.89. The van der Waals surface area contributed by atoms with Crippen molar-refractivity contribution in [2.24, 2.45) is 11.8 Å². The van der Waals surface area contributed by atoms with E-state index >= 15 is 0 Å². The minimum absolute atomic E-state index is 0.0156. The van der Waals surface area contributed by atoms with Crippen LogP contribution in [0.2, 0.25) is 0 Å². The normalized spacial score (nSPS) is 30.5. The fraction of sp³-hybridized carbons (Fsp3) is 0.500. The Morgan fingerprint density at radius 3 is 3.07 bits per heavy atom. The molecule has 4 atom stereocenters. The van der Waals surface area contributed by atoms with Gasteiger partial charge in [-0.15, -0.1) is 0 Å². The van der Waals surface area contributed by atoms with Gasteiger partial charge in [0.1, 0.15) is 5.82 Å². The summed E-state index contributed by atoms with van der Waals surface area (Å²) in [4.78, 5) is 23.7. The van der Waals surface area contributed by atoms with Gasteiger partial charge in [-0.3, -0.25) is 9.78 Å². The third-order valence-corrected chi connectivity index (χ3v) is 7.00. The highest BCUT2D eigenvalue weighted by Crippen LogP contribution is 2.55. The number of hydrogen-bond donors (Lipinski definition) is 1. The predicted octanol–water partition coefficient (Wildman–Crippen LogP) is 2.51. The quantitative estimate of drug-likeness (QED) is 0.885. The maximum absolute atomic E-state index is 12.8. The van der Waals surface area contributed by atoms with E-state index in [4.69, 9.17) is 4.74 Å². The molecule has 3 aliphatic heterocycles. The second-order valence-corrected chi connectivity index (χ2v) is 8.43. The molecule has 1 aromatic carbocycles. The molecule has 3 aliphatic rings. The van der Waals surface area contributed by atoms with Crippen LogP contribution in [0.3, 0.4) is 0 Å². The lowest BCUT2D eigenvalue weighted by atomic mass is 9.73. The topological polar surface area (TPSA) is 67.4 Å². The van der Waals surface area contributed by atoms with E-state index in [0.717, 1.165) is 48.4 Å². The van der Waals surface area contributed by atoms with Crippen molar-refractivity contribution in [1.82, 2.24) is 15.3 Å². The maximum atomic E-state index is 12.8. The number of hydrogen-bond acceptors (Lipinski definition) is 5. The number of carbonyl (C=O) groups excluding carboxylic acids is 1. The smallest absolute Gasteiger partial charge is 0.251 e. The van der Waals surface area contributed by atoms with Crippen LogP contribution in [0.1, 0.15) is 34.3 Å². The fourth-order valence-electron chi connectivity index (χ4n) is 5.40. The molecule has 0 aliphatic carbocycles. The highest BCUT2D eigenvalue weighted by molar-refractivity contribution is 5.95. The van der Waals surface area contributed by atoms with Gasteiger partial charge < -0.3 is 15.0 Å². The van der Waals surface area contributed by atoms with Gasteiger partial charge in [0.05, 0.1) is 17.9 Å². The van der Waals surface area contributed by atoms with Crippen LogP contribution in [0, 0.1) is 25.7 Å². The van der Waals surface area contributed by atoms with Gasteiger partial charge in [0.2, 0.25) is 0 Å². The number of anilines is 1. The first-order chi connectivity index (χ1) is 13.6. The number of amides is 1. The lowest BCUT2D eigenvalue weighted by Gasteiger charge is -2.29. The molecule has 6 nitrogen and oxygen atoms in total. The number of aromatic nitrogens is 2. The molecule has 0 unspecified atom stereocenters. The molecule has 1 N–H and O–H groups in total. The highest BCUT2D eigenvalue weighted by Gasteiger charge is 2.63. The molecular formula is C22H26N4O2. The summed E-state index contributed by atoms with van der Waals surface area (Å²) in [5.74, 6) is 1.70. The van der Waals surface area contributed by atoms with E-state index in [0.29, 0.717) is 18.4 Å². The molecule has 0 saturated carbocycles. The number of nitrogens with one attached hydrogen (secondary N) is 1. The molecule has 4 heterocycles. The molecule has 6 heteroatoms. The highest BCUT2D eigenvalue weighted by atomic mass is 16.5. The third-order valence-electron chi connectivity index (χ3n) is 7.00. The van der Waals surface area contributed by atoms with Gasteiger partial charge in [0.15, 0.2) is 0 Å². The number of fused-ring (bicyclic) bond motifs is 1. The molecule has 1 spiro atoms. The van der Waals surface area contributed by atoms with Gasteiger partial charge in [0, 0.05) is 49.4 Å². The lowest BCUT2D eigenvalue weighted by Crippen LogP contribution is -2.42. The minimum atomic E-state index is -0.0865. The SMILES string of the molecule is Cc1cccc(C(=O)NC[C@H]2[C@H]3CN(c4cnccn4)C[C@]34CC[C@H]2O4)c1C. The molecule has 5 rings (SSSR count). The van der Waals surface area contributed by atoms with Crippen LogP contribution < -0.4 is 10.2 Å². The molecule has 146 valence electrons. The summed E-state index contributed by atoms with van der Waals surface area (Å²) in [5.41, 5.74) is 2.88. The Hall–Kier alpha value is -2.47. The van der Waals surface area contributed by atoms with E-state index in [-0.39, 0.29) is 17.6 Å². The van der Waals surface area contributed by atoms with Crippen LogP contribution >= 0.6 is 0 Å². The van der Waals surface area contributed by atoms with Crippen molar-refractivity contribution in [2.45, 2.75) is 38.4 Å². The van der Waals surface area contributed by atoms with E-state index in [1.165, 1.54) is 0 Å². The molecule has 2 aromatic rings. The summed E-state index contributed by atoms with van der Waals surface area (Å²) in [6.45, 7) is 6.50. The maximum Gasteiger partial charge on any atom is 0.251 e. The van der Waals surface area contributed by atoms with Crippen molar-refractivity contribution in [3.8, 4) is 0 Å². The van der Waals surface area contributed by atoms with Crippen molar-refractivity contribution < 1.29 is 9.53 Å². The zero-order valence-corrected chi connectivity index (χ0v) is 16.4. The third kappa shape index (κ3) is 2.70. The number of ether oxygens (including phenoxy) is 1. The van der Waals surface area contributed by atoms with Gasteiger partial charge in [0.25, 0.3) is 5.91 Å². The first kappa shape index (κ1) is 17.6. The molecule has 1 aromatic heterocycles. The summed E-state index contributed by atoms with van der Waals surface area (Å²) in [7, 11) is 0. The largest absolute Gasteiger partial charge is 0.369 e. The number of benzene rings is 1. The van der Waals surface area contributed by atoms with Crippen LogP contribution in [0.5, 0.6) is 0 Å². The van der Waals surface area contributed by atoms with Crippen LogP contribution in [-0.4, -0.2) is 47.2 Å². The Bertz CT molecular complexity index is 903. The van der Waals surface area contributed by atoms with Gasteiger partial charge in [-0.25, -0.2) is 4.98 Å². The van der Waals surface area contributed by atoms with Crippen molar-refractivity contribution in [3.63, 3.8) is 0 Å². The summed E-state index contributed by atoms with van der Waals surface area (Å²) in [5, 5.41) is 3.19. The molecule has 0 radical (unpaired) electrons. The van der Waals surface area contributed by atoms with E-state index in [2.05, 4.69) is 20.2 Å². The molecule has 2 bridgehead atoms. The Morgan fingerprint density at radius 1 is 1.36 bits per heavy atom. The number of aryl methyl sites for hydroxylation is 1. The van der Waals surface area contributed by atoms with Gasteiger partial charge in [-0.05, 0) is 43.9 Å². The second kappa shape index (κ2) is 6.55. The van der Waals surface area contributed by atoms with Crippen molar-refractivity contribution in [1.29, 1.82) is 0 Å². The van der Waals surface area contributed by atoms with E-state index < -0.39 is 0 Å². The molecule has 3 fully saturated rings. The number of carbonyl (C=O) groups is 1. The summed E-state index contributed by atoms with van der Waals surface area (Å²) >= 11 is 0. The first-order valence-corrected chi connectivity index (χ1v) is 10.1. The van der Waals surface area contributed by atoms with Gasteiger partial charge in [-0.2, -0.15) is 0 Å². The van der Waals surface area contributed by atoms with E-state index in [1.54, 1.807) is 12.4 Å². The Balaban J connectivity index is 1.30. The van der Waals surface area contributed by atoms with Crippen molar-refractivity contribution >= 4 is 11.7 Å². The predicted molar refractivity (Wildman–Crippen MR) is 106 cm³/mol. The van der Waals surface area contributed by atoms with Crippen molar-refractivity contribution in [3.05, 3.63) is 53.5 Å². The summed E-state index contributed by atoms with van der Waals surface area (Å²) < 4.78 is 6.49. The Kier molecular flexibility index (Phi) is 4.12. The van der Waals surface area contributed by atoms with Crippen LogP contribution in [0.4, 0.5) is 5.82 Å². The van der Waals surface area contributed by atoms with Gasteiger partial charge in [-0.1, -0.05) is 12.1 Å². The molecule has 3 saturated heterocycles. The molecule has 1 amide bonds. The summed E-state index contributed by atoms with van der Waals surface area (Å²) in [6.07, 6.45) is 7.69. The lowest BCUT2D eigenvalue weighted by molar-refractivity contribution is 0.0141.